The molecule has 1 amide bonds. The summed E-state index contributed by atoms with van der Waals surface area (Å²) in [6.45, 7) is 12.5. The van der Waals surface area contributed by atoms with E-state index in [1.165, 1.54) is 0 Å². The number of hydrogen-bond donors (Lipinski definition) is 0. The molecule has 0 rings (SSSR count). The Hall–Kier alpha value is -0.570. The summed E-state index contributed by atoms with van der Waals surface area (Å²) >= 11 is 0. The normalized spacial score (nSPS) is 12.3. The van der Waals surface area contributed by atoms with Crippen molar-refractivity contribution in [1.82, 2.24) is 9.80 Å². The van der Waals surface area contributed by atoms with Crippen molar-refractivity contribution in [1.29, 1.82) is 0 Å². The van der Waals surface area contributed by atoms with Gasteiger partial charge in [0, 0.05) is 20.1 Å². The summed E-state index contributed by atoms with van der Waals surface area (Å²) in [7, 11) is 3.62. The van der Waals surface area contributed by atoms with Crippen LogP contribution in [0.3, 0.4) is 0 Å². The number of nitrogens with zero attached hydrogens (tertiary/aromatic N) is 2. The maximum atomic E-state index is 11.7. The monoisotopic (exact) mass is 228 g/mol. The van der Waals surface area contributed by atoms with Crippen LogP contribution in [0.1, 0.15) is 41.0 Å². The molecule has 0 N–H and O–H groups in total. The molecule has 0 spiro atoms. The molecule has 0 aromatic rings. The fourth-order valence-electron chi connectivity index (χ4n) is 1.31. The van der Waals surface area contributed by atoms with Crippen molar-refractivity contribution in [2.45, 2.75) is 47.1 Å². The van der Waals surface area contributed by atoms with Gasteiger partial charge in [0.05, 0.1) is 6.54 Å². The minimum atomic E-state index is 0.183. The van der Waals surface area contributed by atoms with Gasteiger partial charge in [-0.25, -0.2) is 0 Å². The van der Waals surface area contributed by atoms with Crippen molar-refractivity contribution < 1.29 is 4.79 Å². The molecular formula is C13H28N2O. The molecule has 96 valence electrons. The van der Waals surface area contributed by atoms with E-state index in [0.717, 1.165) is 13.0 Å². The first-order valence-corrected chi connectivity index (χ1v) is 6.07. The highest BCUT2D eigenvalue weighted by atomic mass is 16.2. The van der Waals surface area contributed by atoms with E-state index in [4.69, 9.17) is 0 Å². The van der Waals surface area contributed by atoms with Crippen LogP contribution in [0.2, 0.25) is 0 Å². The molecule has 0 aliphatic rings. The first-order valence-electron chi connectivity index (χ1n) is 6.07. The van der Waals surface area contributed by atoms with Crippen molar-refractivity contribution in [2.75, 3.05) is 27.2 Å². The van der Waals surface area contributed by atoms with E-state index in [1.54, 1.807) is 4.90 Å². The summed E-state index contributed by atoms with van der Waals surface area (Å²) in [6, 6.07) is 0.422. The van der Waals surface area contributed by atoms with Gasteiger partial charge in [-0.15, -0.1) is 0 Å². The Kier molecular flexibility index (Phi) is 6.01. The molecule has 0 unspecified atom stereocenters. The molecular weight excluding hydrogens is 200 g/mol. The lowest BCUT2D eigenvalue weighted by Crippen LogP contribution is -2.41. The molecule has 0 saturated carbocycles. The van der Waals surface area contributed by atoms with Crippen LogP contribution in [0, 0.1) is 5.41 Å². The molecule has 0 saturated heterocycles. The Bertz CT molecular complexity index is 216. The largest absolute Gasteiger partial charge is 0.348 e. The van der Waals surface area contributed by atoms with Gasteiger partial charge >= 0.3 is 0 Å². The molecule has 0 bridgehead atoms. The van der Waals surface area contributed by atoms with E-state index >= 15 is 0 Å². The maximum absolute atomic E-state index is 11.7. The fourth-order valence-corrected chi connectivity index (χ4v) is 1.31. The third-order valence-corrected chi connectivity index (χ3v) is 2.72. The van der Waals surface area contributed by atoms with Crippen molar-refractivity contribution >= 4 is 5.91 Å². The highest BCUT2D eigenvalue weighted by molar-refractivity contribution is 5.77. The number of amides is 1. The molecule has 0 radical (unpaired) electrons. The lowest BCUT2D eigenvalue weighted by Gasteiger charge is -2.30. The maximum Gasteiger partial charge on any atom is 0.236 e. The van der Waals surface area contributed by atoms with Crippen LogP contribution in [-0.2, 0) is 4.79 Å². The van der Waals surface area contributed by atoms with Crippen LogP contribution in [0.25, 0.3) is 0 Å². The predicted molar refractivity (Wildman–Crippen MR) is 69.5 cm³/mol. The zero-order valence-corrected chi connectivity index (χ0v) is 12.0. The minimum absolute atomic E-state index is 0.183. The van der Waals surface area contributed by atoms with Crippen LogP contribution >= 0.6 is 0 Å². The van der Waals surface area contributed by atoms with E-state index in [2.05, 4.69) is 39.5 Å². The summed E-state index contributed by atoms with van der Waals surface area (Å²) in [4.78, 5) is 15.6. The summed E-state index contributed by atoms with van der Waals surface area (Å²) < 4.78 is 0. The van der Waals surface area contributed by atoms with E-state index in [9.17, 15) is 4.79 Å². The van der Waals surface area contributed by atoms with Gasteiger partial charge in [-0.1, -0.05) is 20.8 Å². The lowest BCUT2D eigenvalue weighted by atomic mass is 9.92. The van der Waals surface area contributed by atoms with E-state index in [1.807, 2.05) is 14.1 Å². The van der Waals surface area contributed by atoms with Gasteiger partial charge in [0.1, 0.15) is 0 Å². The van der Waals surface area contributed by atoms with Gasteiger partial charge in [-0.05, 0) is 32.2 Å². The Morgan fingerprint density at radius 3 is 2.00 bits per heavy atom. The minimum Gasteiger partial charge on any atom is -0.348 e. The van der Waals surface area contributed by atoms with E-state index in [0.29, 0.717) is 18.0 Å². The van der Waals surface area contributed by atoms with Crippen LogP contribution in [0.4, 0.5) is 0 Å². The fraction of sp³-hybridized carbons (Fsp3) is 0.923. The van der Waals surface area contributed by atoms with Gasteiger partial charge < -0.3 is 4.90 Å². The predicted octanol–water partition coefficient (Wildman–Crippen LogP) is 2.22. The molecule has 0 aliphatic carbocycles. The Labute approximate surface area is 101 Å². The second kappa shape index (κ2) is 6.24. The van der Waals surface area contributed by atoms with Crippen molar-refractivity contribution in [3.8, 4) is 0 Å². The summed E-state index contributed by atoms with van der Waals surface area (Å²) in [6.07, 6.45) is 1.12. The molecule has 0 fully saturated rings. The summed E-state index contributed by atoms with van der Waals surface area (Å²) in [5.74, 6) is 0.183. The first kappa shape index (κ1) is 15.4. The van der Waals surface area contributed by atoms with Gasteiger partial charge in [0.25, 0.3) is 0 Å². The van der Waals surface area contributed by atoms with Crippen molar-refractivity contribution in [3.63, 3.8) is 0 Å². The van der Waals surface area contributed by atoms with Crippen LogP contribution in [0.15, 0.2) is 0 Å². The average Bonchev–Trinajstić information content (AvgIpc) is 2.09. The van der Waals surface area contributed by atoms with Gasteiger partial charge in [0.15, 0.2) is 0 Å². The quantitative estimate of drug-likeness (QED) is 0.720. The summed E-state index contributed by atoms with van der Waals surface area (Å²) in [5.41, 5.74) is 0.328. The number of likely N-dealkylation sites (N-methyl/N-ethyl adjacent to an activating group) is 1. The third-order valence-electron chi connectivity index (χ3n) is 2.72. The van der Waals surface area contributed by atoms with Gasteiger partial charge in [-0.3, -0.25) is 9.69 Å². The SMILES string of the molecule is CC(C)N(CCC(C)(C)C)CC(=O)N(C)C. The lowest BCUT2D eigenvalue weighted by molar-refractivity contribution is -0.130. The highest BCUT2D eigenvalue weighted by Crippen LogP contribution is 2.19. The molecule has 3 heteroatoms. The molecule has 0 heterocycles. The Morgan fingerprint density at radius 2 is 1.69 bits per heavy atom. The Balaban J connectivity index is 4.24. The molecule has 0 atom stereocenters. The van der Waals surface area contributed by atoms with Gasteiger partial charge in [-0.2, -0.15) is 0 Å². The zero-order chi connectivity index (χ0) is 12.9. The van der Waals surface area contributed by atoms with Crippen LogP contribution in [-0.4, -0.2) is 48.9 Å². The van der Waals surface area contributed by atoms with Gasteiger partial charge in [0.2, 0.25) is 5.91 Å². The average molecular weight is 228 g/mol. The summed E-state index contributed by atoms with van der Waals surface area (Å²) in [5, 5.41) is 0. The smallest absolute Gasteiger partial charge is 0.236 e. The molecule has 0 aromatic heterocycles. The van der Waals surface area contributed by atoms with Crippen LogP contribution in [0.5, 0.6) is 0 Å². The Morgan fingerprint density at radius 1 is 1.19 bits per heavy atom. The number of rotatable bonds is 5. The molecule has 3 nitrogen and oxygen atoms in total. The van der Waals surface area contributed by atoms with E-state index in [-0.39, 0.29) is 5.91 Å². The topological polar surface area (TPSA) is 23.6 Å². The molecule has 0 aliphatic heterocycles. The second-order valence-electron chi connectivity index (χ2n) is 6.16. The van der Waals surface area contributed by atoms with E-state index < -0.39 is 0 Å². The first-order chi connectivity index (χ1) is 7.13. The number of carbonyl (C=O) groups excluding carboxylic acids is 1. The number of carbonyl (C=O) groups is 1. The molecule has 0 aromatic carbocycles. The second-order valence-corrected chi connectivity index (χ2v) is 6.16. The highest BCUT2D eigenvalue weighted by Gasteiger charge is 2.18. The number of hydrogen-bond acceptors (Lipinski definition) is 2. The van der Waals surface area contributed by atoms with Crippen molar-refractivity contribution in [3.05, 3.63) is 0 Å². The van der Waals surface area contributed by atoms with Crippen LogP contribution < -0.4 is 0 Å². The standard InChI is InChI=1S/C13H28N2O/c1-11(2)15(9-8-13(3,4)5)10-12(16)14(6)7/h11H,8-10H2,1-7H3. The zero-order valence-electron chi connectivity index (χ0n) is 12.0. The molecule has 16 heavy (non-hydrogen) atoms. The van der Waals surface area contributed by atoms with Crippen molar-refractivity contribution in [2.24, 2.45) is 5.41 Å². The third kappa shape index (κ3) is 6.83.